The summed E-state index contributed by atoms with van der Waals surface area (Å²) in [5.41, 5.74) is 1.33. The molecule has 2 atom stereocenters. The Bertz CT molecular complexity index is 411. The van der Waals surface area contributed by atoms with Gasteiger partial charge in [0.15, 0.2) is 0 Å². The Morgan fingerprint density at radius 3 is 2.75 bits per heavy atom. The summed E-state index contributed by atoms with van der Waals surface area (Å²) in [4.78, 5) is 6.44. The molecular formula is C17H30N2S. The first-order valence-corrected chi connectivity index (χ1v) is 9.17. The number of nitrogens with one attached hydrogen (secondary N) is 1. The molecule has 0 aliphatic heterocycles. The Kier molecular flexibility index (Phi) is 6.03. The van der Waals surface area contributed by atoms with E-state index in [1.54, 1.807) is 0 Å². The number of aromatic nitrogens is 1. The molecule has 1 aliphatic carbocycles. The van der Waals surface area contributed by atoms with Crippen molar-refractivity contribution < 1.29 is 0 Å². The molecule has 2 nitrogen and oxygen atoms in total. The SMILES string of the molecule is CCc1nc(C2CCCC(CC)C2)sc1CNC(C)C. The lowest BCUT2D eigenvalue weighted by molar-refractivity contribution is 0.314. The molecular weight excluding hydrogens is 264 g/mol. The minimum absolute atomic E-state index is 0.546. The van der Waals surface area contributed by atoms with Gasteiger partial charge in [-0.15, -0.1) is 11.3 Å². The van der Waals surface area contributed by atoms with E-state index in [0.29, 0.717) is 6.04 Å². The minimum atomic E-state index is 0.546. The number of nitrogens with zero attached hydrogens (tertiary/aromatic N) is 1. The van der Waals surface area contributed by atoms with Crippen LogP contribution < -0.4 is 5.32 Å². The Balaban J connectivity index is 2.07. The van der Waals surface area contributed by atoms with Gasteiger partial charge in [-0.05, 0) is 25.2 Å². The number of hydrogen-bond donors (Lipinski definition) is 1. The second-order valence-corrected chi connectivity index (χ2v) is 7.56. The van der Waals surface area contributed by atoms with E-state index in [9.17, 15) is 0 Å². The van der Waals surface area contributed by atoms with E-state index in [-0.39, 0.29) is 0 Å². The third kappa shape index (κ3) is 4.05. The van der Waals surface area contributed by atoms with Crippen molar-refractivity contribution in [3.63, 3.8) is 0 Å². The lowest BCUT2D eigenvalue weighted by Crippen LogP contribution is -2.21. The summed E-state index contributed by atoms with van der Waals surface area (Å²) in [5, 5.41) is 4.96. The first-order chi connectivity index (χ1) is 9.63. The fourth-order valence-electron chi connectivity index (χ4n) is 3.18. The predicted octanol–water partition coefficient (Wildman–Crippen LogP) is 4.89. The number of rotatable bonds is 6. The van der Waals surface area contributed by atoms with E-state index in [0.717, 1.165) is 24.8 Å². The molecule has 1 saturated carbocycles. The highest BCUT2D eigenvalue weighted by Crippen LogP contribution is 2.39. The van der Waals surface area contributed by atoms with Crippen molar-refractivity contribution >= 4 is 11.3 Å². The number of thiazole rings is 1. The molecule has 0 bridgehead atoms. The molecule has 1 aromatic rings. The van der Waals surface area contributed by atoms with Gasteiger partial charge in [0.25, 0.3) is 0 Å². The highest BCUT2D eigenvalue weighted by Gasteiger charge is 2.25. The molecule has 1 aromatic heterocycles. The van der Waals surface area contributed by atoms with Crippen molar-refractivity contribution in [2.45, 2.75) is 84.7 Å². The van der Waals surface area contributed by atoms with Crippen LogP contribution in [-0.2, 0) is 13.0 Å². The van der Waals surface area contributed by atoms with Crippen LogP contribution >= 0.6 is 11.3 Å². The molecule has 20 heavy (non-hydrogen) atoms. The lowest BCUT2D eigenvalue weighted by Gasteiger charge is -2.26. The van der Waals surface area contributed by atoms with Crippen LogP contribution in [0.1, 0.15) is 81.3 Å². The molecule has 2 unspecified atom stereocenters. The molecule has 1 fully saturated rings. The van der Waals surface area contributed by atoms with Gasteiger partial charge in [-0.1, -0.05) is 47.0 Å². The van der Waals surface area contributed by atoms with E-state index in [1.165, 1.54) is 47.7 Å². The van der Waals surface area contributed by atoms with Crippen molar-refractivity contribution in [3.05, 3.63) is 15.6 Å². The highest BCUT2D eigenvalue weighted by molar-refractivity contribution is 7.11. The molecule has 0 radical (unpaired) electrons. The van der Waals surface area contributed by atoms with E-state index >= 15 is 0 Å². The maximum absolute atomic E-state index is 4.98. The van der Waals surface area contributed by atoms with Crippen LogP contribution in [0.5, 0.6) is 0 Å². The molecule has 1 aliphatic rings. The topological polar surface area (TPSA) is 24.9 Å². The lowest BCUT2D eigenvalue weighted by atomic mass is 9.80. The van der Waals surface area contributed by atoms with Gasteiger partial charge < -0.3 is 5.32 Å². The van der Waals surface area contributed by atoms with Crippen LogP contribution in [-0.4, -0.2) is 11.0 Å². The average molecular weight is 295 g/mol. The van der Waals surface area contributed by atoms with Crippen LogP contribution in [0, 0.1) is 5.92 Å². The maximum atomic E-state index is 4.98. The third-order valence-corrected chi connectivity index (χ3v) is 5.77. The summed E-state index contributed by atoms with van der Waals surface area (Å²) in [6.07, 6.45) is 7.94. The van der Waals surface area contributed by atoms with Gasteiger partial charge in [0.05, 0.1) is 10.7 Å². The van der Waals surface area contributed by atoms with Gasteiger partial charge in [0, 0.05) is 23.4 Å². The monoisotopic (exact) mass is 294 g/mol. The fourth-order valence-corrected chi connectivity index (χ4v) is 4.43. The van der Waals surface area contributed by atoms with Crippen LogP contribution in [0.4, 0.5) is 0 Å². The van der Waals surface area contributed by atoms with Gasteiger partial charge in [-0.3, -0.25) is 0 Å². The zero-order valence-corrected chi connectivity index (χ0v) is 14.4. The second-order valence-electron chi connectivity index (χ2n) is 6.45. The van der Waals surface area contributed by atoms with Crippen LogP contribution in [0.2, 0.25) is 0 Å². The first-order valence-electron chi connectivity index (χ1n) is 8.35. The molecule has 0 aromatic carbocycles. The van der Waals surface area contributed by atoms with Crippen LogP contribution in [0.25, 0.3) is 0 Å². The smallest absolute Gasteiger partial charge is 0.0962 e. The summed E-state index contributed by atoms with van der Waals surface area (Å²) in [7, 11) is 0. The largest absolute Gasteiger partial charge is 0.310 e. The number of hydrogen-bond acceptors (Lipinski definition) is 3. The van der Waals surface area contributed by atoms with E-state index in [1.807, 2.05) is 11.3 Å². The van der Waals surface area contributed by atoms with Crippen molar-refractivity contribution in [3.8, 4) is 0 Å². The molecule has 3 heteroatoms. The standard InChI is InChI=1S/C17H30N2S/c1-5-13-8-7-9-14(10-13)17-19-15(6-2)16(20-17)11-18-12(3)4/h12-14,18H,5-11H2,1-4H3. The Morgan fingerprint density at radius 1 is 1.30 bits per heavy atom. The summed E-state index contributed by atoms with van der Waals surface area (Å²) < 4.78 is 0. The maximum Gasteiger partial charge on any atom is 0.0962 e. The molecule has 0 amide bonds. The second kappa shape index (κ2) is 7.56. The summed E-state index contributed by atoms with van der Waals surface area (Å²) in [5.74, 6) is 1.66. The molecule has 0 saturated heterocycles. The van der Waals surface area contributed by atoms with Crippen molar-refractivity contribution in [2.24, 2.45) is 5.92 Å². The predicted molar refractivity (Wildman–Crippen MR) is 88.5 cm³/mol. The summed E-state index contributed by atoms with van der Waals surface area (Å²) >= 11 is 1.97. The van der Waals surface area contributed by atoms with E-state index in [4.69, 9.17) is 4.98 Å². The van der Waals surface area contributed by atoms with Gasteiger partial charge in [0.1, 0.15) is 0 Å². The average Bonchev–Trinajstić information content (AvgIpc) is 2.88. The molecule has 114 valence electrons. The van der Waals surface area contributed by atoms with Gasteiger partial charge >= 0.3 is 0 Å². The van der Waals surface area contributed by atoms with Gasteiger partial charge in [0.2, 0.25) is 0 Å². The first kappa shape index (κ1) is 16.0. The summed E-state index contributed by atoms with van der Waals surface area (Å²) in [6.45, 7) is 9.97. The normalized spacial score (nSPS) is 23.4. The van der Waals surface area contributed by atoms with Crippen LogP contribution in [0.15, 0.2) is 0 Å². The zero-order chi connectivity index (χ0) is 14.5. The fraction of sp³-hybridized carbons (Fsp3) is 0.824. The van der Waals surface area contributed by atoms with Gasteiger partial charge in [-0.25, -0.2) is 4.98 Å². The molecule has 2 rings (SSSR count). The Morgan fingerprint density at radius 2 is 2.10 bits per heavy atom. The molecule has 1 N–H and O–H groups in total. The van der Waals surface area contributed by atoms with Crippen molar-refractivity contribution in [1.29, 1.82) is 0 Å². The van der Waals surface area contributed by atoms with Gasteiger partial charge in [-0.2, -0.15) is 0 Å². The van der Waals surface area contributed by atoms with Crippen molar-refractivity contribution in [2.75, 3.05) is 0 Å². The Hall–Kier alpha value is -0.410. The van der Waals surface area contributed by atoms with E-state index < -0.39 is 0 Å². The third-order valence-electron chi connectivity index (χ3n) is 4.51. The Labute approximate surface area is 128 Å². The quantitative estimate of drug-likeness (QED) is 0.808. The highest BCUT2D eigenvalue weighted by atomic mass is 32.1. The molecule has 1 heterocycles. The van der Waals surface area contributed by atoms with Crippen LogP contribution in [0.3, 0.4) is 0 Å². The van der Waals surface area contributed by atoms with E-state index in [2.05, 4.69) is 33.0 Å². The van der Waals surface area contributed by atoms with Crippen molar-refractivity contribution in [1.82, 2.24) is 10.3 Å². The summed E-state index contributed by atoms with van der Waals surface area (Å²) in [6, 6.07) is 0.546. The minimum Gasteiger partial charge on any atom is -0.310 e. The molecule has 0 spiro atoms. The number of aryl methyl sites for hydroxylation is 1. The zero-order valence-electron chi connectivity index (χ0n) is 13.5.